The first-order valence-corrected chi connectivity index (χ1v) is 7.39. The van der Waals surface area contributed by atoms with Gasteiger partial charge in [-0.05, 0) is 36.9 Å². The minimum absolute atomic E-state index is 0.531. The van der Waals surface area contributed by atoms with Crippen molar-refractivity contribution >= 4 is 10.9 Å². The van der Waals surface area contributed by atoms with Crippen molar-refractivity contribution in [1.29, 1.82) is 0 Å². The maximum atomic E-state index is 5.39. The molecule has 3 aromatic rings. The van der Waals surface area contributed by atoms with Crippen LogP contribution in [0.4, 0.5) is 0 Å². The molecule has 0 aliphatic heterocycles. The van der Waals surface area contributed by atoms with E-state index in [1.165, 1.54) is 29.3 Å². The molecule has 1 fully saturated rings. The van der Waals surface area contributed by atoms with Gasteiger partial charge >= 0.3 is 0 Å². The van der Waals surface area contributed by atoms with Crippen molar-refractivity contribution in [2.24, 2.45) is 0 Å². The van der Waals surface area contributed by atoms with Crippen molar-refractivity contribution in [3.05, 3.63) is 47.7 Å². The van der Waals surface area contributed by atoms with Gasteiger partial charge in [0.25, 0.3) is 0 Å². The van der Waals surface area contributed by atoms with Crippen LogP contribution in [0.5, 0.6) is 0 Å². The van der Waals surface area contributed by atoms with Gasteiger partial charge in [0.15, 0.2) is 5.82 Å². The van der Waals surface area contributed by atoms with E-state index in [1.807, 2.05) is 7.05 Å². The number of fused-ring (bicyclic) bond motifs is 1. The van der Waals surface area contributed by atoms with Crippen LogP contribution in [0, 0.1) is 0 Å². The maximum Gasteiger partial charge on any atom is 0.246 e. The summed E-state index contributed by atoms with van der Waals surface area (Å²) in [6.45, 7) is 1.47. The molecule has 2 heterocycles. The molecular weight excluding hydrogens is 264 g/mol. The zero-order chi connectivity index (χ0) is 14.2. The molecule has 108 valence electrons. The summed E-state index contributed by atoms with van der Waals surface area (Å²) >= 11 is 0. The van der Waals surface area contributed by atoms with Gasteiger partial charge in [-0.3, -0.25) is 0 Å². The molecule has 0 amide bonds. The highest BCUT2D eigenvalue weighted by molar-refractivity contribution is 5.83. The van der Waals surface area contributed by atoms with Crippen molar-refractivity contribution in [2.45, 2.75) is 31.8 Å². The Bertz CT molecular complexity index is 770. The molecule has 1 saturated carbocycles. The number of rotatable bonds is 5. The maximum absolute atomic E-state index is 5.39. The first-order chi connectivity index (χ1) is 10.3. The molecule has 0 saturated heterocycles. The second kappa shape index (κ2) is 5.00. The smallest absolute Gasteiger partial charge is 0.246 e. The largest absolute Gasteiger partial charge is 0.338 e. The van der Waals surface area contributed by atoms with Gasteiger partial charge in [-0.2, -0.15) is 4.98 Å². The van der Waals surface area contributed by atoms with Crippen LogP contribution in [0.3, 0.4) is 0 Å². The van der Waals surface area contributed by atoms with Gasteiger partial charge in [0.05, 0.1) is 5.52 Å². The van der Waals surface area contributed by atoms with Gasteiger partial charge in [0.1, 0.15) is 6.54 Å². The van der Waals surface area contributed by atoms with Gasteiger partial charge in [-0.15, -0.1) is 0 Å². The third-order valence-corrected chi connectivity index (χ3v) is 3.97. The predicted molar refractivity (Wildman–Crippen MR) is 80.1 cm³/mol. The lowest BCUT2D eigenvalue weighted by Crippen LogP contribution is -2.08. The van der Waals surface area contributed by atoms with Crippen molar-refractivity contribution in [2.75, 3.05) is 7.05 Å². The van der Waals surface area contributed by atoms with Crippen molar-refractivity contribution in [1.82, 2.24) is 20.0 Å². The Kier molecular flexibility index (Phi) is 3.00. The minimum atomic E-state index is 0.531. The van der Waals surface area contributed by atoms with Gasteiger partial charge in [0, 0.05) is 18.7 Å². The summed E-state index contributed by atoms with van der Waals surface area (Å²) in [5, 5.41) is 8.55. The SMILES string of the molecule is CNCc1cccc2ccn(Cc3nc(C4CC4)no3)c12. The van der Waals surface area contributed by atoms with Crippen LogP contribution in [-0.4, -0.2) is 21.8 Å². The summed E-state index contributed by atoms with van der Waals surface area (Å²) < 4.78 is 7.58. The molecule has 0 bridgehead atoms. The lowest BCUT2D eigenvalue weighted by molar-refractivity contribution is 0.367. The standard InChI is InChI=1S/C16H18N4O/c1-17-9-13-4-2-3-11-7-8-20(15(11)13)10-14-18-16(19-21-14)12-5-6-12/h2-4,7-8,12,17H,5-6,9-10H2,1H3. The molecule has 1 aliphatic rings. The monoisotopic (exact) mass is 282 g/mol. The summed E-state index contributed by atoms with van der Waals surface area (Å²) in [7, 11) is 1.96. The fourth-order valence-electron chi connectivity index (χ4n) is 2.79. The third kappa shape index (κ3) is 2.34. The van der Waals surface area contributed by atoms with Crippen molar-refractivity contribution in [3.8, 4) is 0 Å². The molecule has 5 heteroatoms. The molecule has 1 aromatic carbocycles. The van der Waals surface area contributed by atoms with Gasteiger partial charge < -0.3 is 14.4 Å². The Morgan fingerprint density at radius 1 is 1.33 bits per heavy atom. The molecule has 21 heavy (non-hydrogen) atoms. The van der Waals surface area contributed by atoms with Crippen LogP contribution < -0.4 is 5.32 Å². The highest BCUT2D eigenvalue weighted by Crippen LogP contribution is 2.38. The zero-order valence-electron chi connectivity index (χ0n) is 12.0. The van der Waals surface area contributed by atoms with Crippen LogP contribution in [0.25, 0.3) is 10.9 Å². The summed E-state index contributed by atoms with van der Waals surface area (Å²) in [5.74, 6) is 2.09. The number of hydrogen-bond donors (Lipinski definition) is 1. The number of nitrogens with one attached hydrogen (secondary N) is 1. The molecule has 2 aromatic heterocycles. The first kappa shape index (κ1) is 12.6. The third-order valence-electron chi connectivity index (χ3n) is 3.97. The lowest BCUT2D eigenvalue weighted by Gasteiger charge is -2.07. The van der Waals surface area contributed by atoms with Gasteiger partial charge in [-0.1, -0.05) is 23.4 Å². The average Bonchev–Trinajstić information content (AvgIpc) is 3.11. The Morgan fingerprint density at radius 3 is 3.05 bits per heavy atom. The van der Waals surface area contributed by atoms with Crippen LogP contribution in [0.15, 0.2) is 35.0 Å². The molecule has 1 N–H and O–H groups in total. The van der Waals surface area contributed by atoms with E-state index in [1.54, 1.807) is 0 Å². The molecule has 0 unspecified atom stereocenters. The molecule has 4 rings (SSSR count). The van der Waals surface area contributed by atoms with E-state index < -0.39 is 0 Å². The molecule has 0 atom stereocenters. The number of benzene rings is 1. The predicted octanol–water partition coefficient (Wildman–Crippen LogP) is 2.67. The van der Waals surface area contributed by atoms with Crippen LogP contribution in [-0.2, 0) is 13.1 Å². The van der Waals surface area contributed by atoms with Crippen LogP contribution in [0.2, 0.25) is 0 Å². The molecule has 1 aliphatic carbocycles. The fraction of sp³-hybridized carbons (Fsp3) is 0.375. The quantitative estimate of drug-likeness (QED) is 0.781. The minimum Gasteiger partial charge on any atom is -0.338 e. The molecule has 0 radical (unpaired) electrons. The summed E-state index contributed by atoms with van der Waals surface area (Å²) in [4.78, 5) is 4.52. The number of para-hydroxylation sites is 1. The Hall–Kier alpha value is -2.14. The van der Waals surface area contributed by atoms with E-state index >= 15 is 0 Å². The van der Waals surface area contributed by atoms with E-state index in [2.05, 4.69) is 50.5 Å². The zero-order valence-corrected chi connectivity index (χ0v) is 12.0. The Morgan fingerprint density at radius 2 is 2.24 bits per heavy atom. The van der Waals surface area contributed by atoms with E-state index in [0.29, 0.717) is 18.4 Å². The highest BCUT2D eigenvalue weighted by atomic mass is 16.5. The van der Waals surface area contributed by atoms with E-state index in [0.717, 1.165) is 12.4 Å². The number of nitrogens with zero attached hydrogens (tertiary/aromatic N) is 3. The van der Waals surface area contributed by atoms with E-state index in [9.17, 15) is 0 Å². The topological polar surface area (TPSA) is 55.9 Å². The van der Waals surface area contributed by atoms with E-state index in [4.69, 9.17) is 4.52 Å². The van der Waals surface area contributed by atoms with Gasteiger partial charge in [0.2, 0.25) is 5.89 Å². The number of aromatic nitrogens is 3. The van der Waals surface area contributed by atoms with Crippen molar-refractivity contribution < 1.29 is 4.52 Å². The molecule has 5 nitrogen and oxygen atoms in total. The Balaban J connectivity index is 1.68. The second-order valence-corrected chi connectivity index (χ2v) is 5.65. The normalized spacial score (nSPS) is 14.9. The second-order valence-electron chi connectivity index (χ2n) is 5.65. The molecular formula is C16H18N4O. The van der Waals surface area contributed by atoms with Crippen LogP contribution >= 0.6 is 0 Å². The summed E-state index contributed by atoms with van der Waals surface area (Å²) in [6, 6.07) is 8.51. The van der Waals surface area contributed by atoms with Crippen LogP contribution in [0.1, 0.15) is 36.0 Å². The fourth-order valence-corrected chi connectivity index (χ4v) is 2.79. The highest BCUT2D eigenvalue weighted by Gasteiger charge is 2.28. The van der Waals surface area contributed by atoms with Gasteiger partial charge in [-0.25, -0.2) is 0 Å². The average molecular weight is 282 g/mol. The Labute approximate surface area is 123 Å². The summed E-state index contributed by atoms with van der Waals surface area (Å²) in [5.41, 5.74) is 2.51. The lowest BCUT2D eigenvalue weighted by atomic mass is 10.1. The summed E-state index contributed by atoms with van der Waals surface area (Å²) in [6.07, 6.45) is 4.47. The van der Waals surface area contributed by atoms with Crippen molar-refractivity contribution in [3.63, 3.8) is 0 Å². The number of hydrogen-bond acceptors (Lipinski definition) is 4. The molecule has 0 spiro atoms. The first-order valence-electron chi connectivity index (χ1n) is 7.39. The van der Waals surface area contributed by atoms with E-state index in [-0.39, 0.29) is 0 Å².